The number of amides is 4. The molecule has 0 spiro atoms. The fourth-order valence-corrected chi connectivity index (χ4v) is 9.88. The normalized spacial score (nSPS) is 12.2. The van der Waals surface area contributed by atoms with Crippen LogP contribution in [-0.2, 0) is 57.6 Å². The van der Waals surface area contributed by atoms with E-state index >= 15 is 0 Å². The number of nitrogens with one attached hydrogen (secondary N) is 6. The molecule has 0 saturated heterocycles. The molecule has 0 aliphatic heterocycles. The molecule has 4 heterocycles. The highest BCUT2D eigenvalue weighted by Crippen LogP contribution is 2.33. The van der Waals surface area contributed by atoms with Gasteiger partial charge in [-0.05, 0) is 55.1 Å². The van der Waals surface area contributed by atoms with Gasteiger partial charge >= 0.3 is 18.0 Å². The number of H-pyrrole nitrogens is 1. The molecule has 0 aliphatic carbocycles. The van der Waals surface area contributed by atoms with Crippen LogP contribution < -0.4 is 43.6 Å². The summed E-state index contributed by atoms with van der Waals surface area (Å²) in [4.78, 5) is 111. The van der Waals surface area contributed by atoms with Gasteiger partial charge in [-0.2, -0.15) is 4.98 Å². The molecular weight excluding hydrogens is 1100 g/mol. The second-order valence-electron chi connectivity index (χ2n) is 19.3. The number of imidazole rings is 1. The molecule has 0 saturated carbocycles. The largest absolute Gasteiger partial charge is 0.480 e. The van der Waals surface area contributed by atoms with Crippen LogP contribution in [0.2, 0.25) is 0 Å². The Labute approximate surface area is 479 Å². The number of para-hydroxylation sites is 1. The summed E-state index contributed by atoms with van der Waals surface area (Å²) >= 11 is 0. The quantitative estimate of drug-likeness (QED) is 0.0197. The number of carbonyl (C=O) groups is 6. The monoisotopic (exact) mass is 1170 g/mol. The maximum absolute atomic E-state index is 13.0. The summed E-state index contributed by atoms with van der Waals surface area (Å²) in [7, 11) is 2.51. The number of hydrogen-bond acceptors (Lipinski definition) is 21. The summed E-state index contributed by atoms with van der Waals surface area (Å²) in [6.07, 6.45) is 3.03. The minimum atomic E-state index is -1.32. The average molecular weight is 1180 g/mol. The molecule has 27 nitrogen and oxygen atoms in total. The predicted octanol–water partition coefficient (Wildman–Crippen LogP) is 3.85. The van der Waals surface area contributed by atoms with Crippen LogP contribution in [-0.4, -0.2) is 163 Å². The lowest BCUT2D eigenvalue weighted by Gasteiger charge is -2.25. The van der Waals surface area contributed by atoms with Crippen LogP contribution in [0.5, 0.6) is 0 Å². The number of ether oxygens (including phenoxy) is 4. The molecule has 6 aromatic rings. The van der Waals surface area contributed by atoms with Gasteiger partial charge in [-0.1, -0.05) is 67.0 Å². The fraction of sp³-hybridized carbons (Fsp3) is 0.472. The van der Waals surface area contributed by atoms with E-state index in [2.05, 4.69) is 71.9 Å². The molecule has 0 bridgehead atoms. The highest BCUT2D eigenvalue weighted by molar-refractivity contribution is 8.76. The number of rotatable bonds is 36. The lowest BCUT2D eigenvalue weighted by atomic mass is 9.93. The number of unbranched alkanes of at least 4 members (excludes halogenated alkanes) is 1. The van der Waals surface area contributed by atoms with Crippen LogP contribution >= 0.6 is 21.6 Å². The number of carboxylic acids is 2. The van der Waals surface area contributed by atoms with Crippen molar-refractivity contribution in [2.24, 2.45) is 11.1 Å². The van der Waals surface area contributed by atoms with Gasteiger partial charge in [0.05, 0.1) is 69.1 Å². The molecule has 0 fully saturated rings. The molecule has 4 amide bonds. The van der Waals surface area contributed by atoms with E-state index in [0.717, 1.165) is 36.0 Å². The number of carbonyl (C=O) groups excluding carboxylic acids is 4. The first kappa shape index (κ1) is 63.5. The fourth-order valence-electron chi connectivity index (χ4n) is 7.90. The Morgan fingerprint density at radius 1 is 0.817 bits per heavy atom. The van der Waals surface area contributed by atoms with Gasteiger partial charge < -0.3 is 66.5 Å². The number of aromatic nitrogens is 7. The van der Waals surface area contributed by atoms with Gasteiger partial charge in [-0.25, -0.2) is 34.3 Å². The van der Waals surface area contributed by atoms with Gasteiger partial charge in [-0.3, -0.25) is 29.5 Å². The van der Waals surface area contributed by atoms with E-state index in [9.17, 15) is 43.8 Å². The Morgan fingerprint density at radius 3 is 2.26 bits per heavy atom. The predicted molar refractivity (Wildman–Crippen MR) is 310 cm³/mol. The highest BCUT2D eigenvalue weighted by Gasteiger charge is 2.26. The lowest BCUT2D eigenvalue weighted by Crippen LogP contribution is -2.42. The van der Waals surface area contributed by atoms with Crippen molar-refractivity contribution in [2.75, 3.05) is 87.2 Å². The van der Waals surface area contributed by atoms with Gasteiger partial charge in [0.15, 0.2) is 17.0 Å². The third-order valence-corrected chi connectivity index (χ3v) is 14.7. The zero-order chi connectivity index (χ0) is 59.0. The summed E-state index contributed by atoms with van der Waals surface area (Å²) in [6.45, 7) is 8.83. The Kier molecular flexibility index (Phi) is 24.8. The number of nitrogens with zero attached hydrogens (tertiary/aromatic N) is 6. The second kappa shape index (κ2) is 32.1. The number of benzene rings is 2. The molecule has 12 N–H and O–H groups in total. The number of nitrogen functional groups attached to an aromatic ring is 1. The van der Waals surface area contributed by atoms with Crippen molar-refractivity contribution in [3.8, 4) is 0 Å². The van der Waals surface area contributed by atoms with Gasteiger partial charge in [-0.15, -0.1) is 0 Å². The van der Waals surface area contributed by atoms with Crippen molar-refractivity contribution < 1.29 is 57.9 Å². The Hall–Kier alpha value is -7.70. The number of fused-ring (bicyclic) bond motifs is 4. The molecule has 0 radical (unpaired) electrons. The number of aryl methyl sites for hydroxylation is 1. The Balaban J connectivity index is 0.769. The van der Waals surface area contributed by atoms with E-state index in [4.69, 9.17) is 40.4 Å². The van der Waals surface area contributed by atoms with Gasteiger partial charge in [0.2, 0.25) is 17.8 Å². The smallest absolute Gasteiger partial charge is 0.412 e. The van der Waals surface area contributed by atoms with E-state index in [0.29, 0.717) is 41.3 Å². The Morgan fingerprint density at radius 2 is 1.54 bits per heavy atom. The minimum Gasteiger partial charge on any atom is -0.480 e. The third kappa shape index (κ3) is 19.8. The summed E-state index contributed by atoms with van der Waals surface area (Å²) in [5.74, 6) is -2.54. The van der Waals surface area contributed by atoms with E-state index in [1.54, 1.807) is 12.1 Å². The van der Waals surface area contributed by atoms with Crippen molar-refractivity contribution in [1.29, 1.82) is 0 Å². The number of carboxylic acid groups (broad SMARTS) is 2. The molecule has 4 aromatic heterocycles. The lowest BCUT2D eigenvalue weighted by molar-refractivity contribution is -0.141. The molecule has 2 atom stereocenters. The molecule has 6 rings (SSSR count). The summed E-state index contributed by atoms with van der Waals surface area (Å²) in [5.41, 5.74) is 14.5. The molecule has 29 heteroatoms. The number of aliphatic carboxylic acids is 2. The number of nitrogens with two attached hydrogens (primary N) is 2. The average Bonchev–Trinajstić information content (AvgIpc) is 4.08. The van der Waals surface area contributed by atoms with Crippen LogP contribution in [0.4, 0.5) is 22.2 Å². The minimum absolute atomic E-state index is 0.0292. The zero-order valence-electron chi connectivity index (χ0n) is 45.8. The second-order valence-corrected chi connectivity index (χ2v) is 22.0. The van der Waals surface area contributed by atoms with E-state index in [-0.39, 0.29) is 118 Å². The maximum Gasteiger partial charge on any atom is 0.412 e. The van der Waals surface area contributed by atoms with Crippen LogP contribution in [0.25, 0.3) is 33.1 Å². The molecule has 0 aliphatic rings. The highest BCUT2D eigenvalue weighted by atomic mass is 33.1. The third-order valence-electron chi connectivity index (χ3n) is 12.3. The molecule has 442 valence electrons. The topological polar surface area (TPSA) is 394 Å². The molecule has 2 aromatic carbocycles. The Bertz CT molecular complexity index is 3200. The summed E-state index contributed by atoms with van der Waals surface area (Å²) in [5, 5.41) is 33.8. The number of aromatic amines is 1. The van der Waals surface area contributed by atoms with Crippen molar-refractivity contribution >= 4 is 108 Å². The summed E-state index contributed by atoms with van der Waals surface area (Å²) in [6, 6.07) is 11.4. The van der Waals surface area contributed by atoms with Crippen LogP contribution in [0.15, 0.2) is 59.5 Å². The van der Waals surface area contributed by atoms with Crippen LogP contribution in [0.1, 0.15) is 74.8 Å². The molecular formula is C53H70N14O13S2. The van der Waals surface area contributed by atoms with Gasteiger partial charge in [0.25, 0.3) is 11.5 Å². The zero-order valence-corrected chi connectivity index (χ0v) is 47.5. The number of pyridine rings is 1. The first-order valence-corrected chi connectivity index (χ1v) is 29.0. The van der Waals surface area contributed by atoms with Crippen LogP contribution in [0.3, 0.4) is 0 Å². The van der Waals surface area contributed by atoms with Crippen molar-refractivity contribution in [2.45, 2.75) is 84.5 Å². The van der Waals surface area contributed by atoms with E-state index < -0.39 is 53.4 Å². The summed E-state index contributed by atoms with van der Waals surface area (Å²) < 4.78 is 24.0. The van der Waals surface area contributed by atoms with E-state index in [1.165, 1.54) is 39.9 Å². The number of hydrogen-bond donors (Lipinski definition) is 10. The van der Waals surface area contributed by atoms with E-state index in [1.807, 2.05) is 24.3 Å². The standard InChI is InChI=1S/C53H70N14O13S2/c1-4-5-10-39-63-42-44(67(39)31-53(2,3)30-54)35-8-6-7-9-36(35)61-46(42)65-52(76)80-25-26-81-82-29-38(50(74)75)60-41(69)17-19-77-21-23-79-24-22-78-20-18-56-40(68)16-15-37(49(72)73)62-47(70)32-11-13-33(14-12-32)57-27-34-28-58-45-43(59-34)48(71)66-51(55)64-45/h6-9,11-14,28,37-38,57H,4-5,10,15-27,29-31,54H2,1-3H3,(H,56,68)(H,60,69)(H,62,70)(H,72,73)(H,74,75)(H,61,65,76)(H3,55,58,64,66,71). The SMILES string of the molecule is CCCCc1nc2c(NC(=O)OCCSSCC(NC(=O)CCOCCOCCOCCNC(=O)CCC(NC(=O)c3ccc(NCc4cnc5nc(N)[nH]c(=O)c5n4)cc3)C(=O)O)C(=O)O)nc3ccccc3c2n1CC(C)(C)CN. The van der Waals surface area contributed by atoms with Gasteiger partial charge in [0.1, 0.15) is 30.0 Å². The molecule has 2 unspecified atom stereocenters. The first-order valence-electron chi connectivity index (χ1n) is 26.5. The van der Waals surface area contributed by atoms with Crippen LogP contribution in [0, 0.1) is 5.41 Å². The molecule has 82 heavy (non-hydrogen) atoms. The number of anilines is 3. The van der Waals surface area contributed by atoms with Crippen molar-refractivity contribution in [3.05, 3.63) is 82.2 Å². The maximum atomic E-state index is 13.0. The van der Waals surface area contributed by atoms with Crippen molar-refractivity contribution in [3.63, 3.8) is 0 Å². The first-order chi connectivity index (χ1) is 39.4. The van der Waals surface area contributed by atoms with Crippen molar-refractivity contribution in [1.82, 2.24) is 50.4 Å². The van der Waals surface area contributed by atoms with Gasteiger partial charge in [0, 0.05) is 60.5 Å².